The monoisotopic (exact) mass is 780 g/mol. The van der Waals surface area contributed by atoms with Crippen molar-refractivity contribution in [1.29, 1.82) is 0 Å². The highest BCUT2D eigenvalue weighted by atomic mass is 16.5. The second-order valence-corrected chi connectivity index (χ2v) is 15.4. The Kier molecular flexibility index (Phi) is 9.18. The van der Waals surface area contributed by atoms with Crippen molar-refractivity contribution < 1.29 is 4.74 Å². The van der Waals surface area contributed by atoms with Crippen molar-refractivity contribution in [3.8, 4) is 56.0 Å². The van der Waals surface area contributed by atoms with Crippen molar-refractivity contribution in [1.82, 2.24) is 0 Å². The molecule has 1 aliphatic rings. The second kappa shape index (κ2) is 15.6. The van der Waals surface area contributed by atoms with Crippen LogP contribution in [-0.4, -0.2) is 0 Å². The number of fused-ring (bicyclic) bond motifs is 2. The van der Waals surface area contributed by atoms with E-state index in [-0.39, 0.29) is 0 Å². The van der Waals surface area contributed by atoms with Gasteiger partial charge in [0.25, 0.3) is 0 Å². The Morgan fingerprint density at radius 3 is 1.16 bits per heavy atom. The number of hydrogen-bond donors (Lipinski definition) is 0. The van der Waals surface area contributed by atoms with Crippen LogP contribution in [0.15, 0.2) is 243 Å². The lowest BCUT2D eigenvalue weighted by Crippen LogP contribution is -2.10. The maximum atomic E-state index is 6.79. The van der Waals surface area contributed by atoms with Gasteiger partial charge < -0.3 is 14.5 Å². The highest BCUT2D eigenvalue weighted by Gasteiger charge is 2.24. The van der Waals surface area contributed by atoms with Crippen molar-refractivity contribution >= 4 is 44.9 Å². The molecule has 10 aromatic carbocycles. The molecule has 1 aliphatic heterocycles. The number of anilines is 6. The smallest absolute Gasteiger partial charge is 0.138 e. The van der Waals surface area contributed by atoms with E-state index in [1.54, 1.807) is 0 Å². The summed E-state index contributed by atoms with van der Waals surface area (Å²) in [4.78, 5) is 4.62. The predicted octanol–water partition coefficient (Wildman–Crippen LogP) is 16.6. The van der Waals surface area contributed by atoms with E-state index in [1.165, 1.54) is 27.8 Å². The second-order valence-electron chi connectivity index (χ2n) is 15.4. The van der Waals surface area contributed by atoms with Crippen LogP contribution in [0.3, 0.4) is 0 Å². The standard InChI is InChI=1S/C58H40N2O/c1-5-14-41(15-6-1)43-24-31-50(32-25-43)59(51-33-26-44(27-34-51)42-16-7-2-8-17-42)52-35-28-45(29-36-52)46-30-37-56-55(39-46)54-23-13-18-47-38-53(40-57(61-56)58(47)54)60(48-19-9-3-10-20-48)49-21-11-4-12-22-49/h1-40H. The van der Waals surface area contributed by atoms with Crippen LogP contribution < -0.4 is 14.5 Å². The van der Waals surface area contributed by atoms with Crippen LogP contribution in [0, 0.1) is 0 Å². The number of nitrogens with zero attached hydrogens (tertiary/aromatic N) is 2. The molecule has 3 nitrogen and oxygen atoms in total. The molecule has 0 aromatic heterocycles. The molecule has 0 amide bonds. The molecule has 61 heavy (non-hydrogen) atoms. The van der Waals surface area contributed by atoms with Gasteiger partial charge in [-0.15, -0.1) is 0 Å². The average Bonchev–Trinajstić information content (AvgIpc) is 3.34. The number of rotatable bonds is 9. The zero-order valence-electron chi connectivity index (χ0n) is 33.4. The third kappa shape index (κ3) is 6.88. The van der Waals surface area contributed by atoms with Gasteiger partial charge in [0.15, 0.2) is 0 Å². The first-order valence-electron chi connectivity index (χ1n) is 20.7. The Balaban J connectivity index is 0.939. The van der Waals surface area contributed by atoms with Gasteiger partial charge in [0.05, 0.1) is 5.69 Å². The molecule has 0 atom stereocenters. The molecule has 0 radical (unpaired) electrons. The Hall–Kier alpha value is -8.14. The fourth-order valence-corrected chi connectivity index (χ4v) is 8.65. The molecule has 1 heterocycles. The minimum absolute atomic E-state index is 0.854. The van der Waals surface area contributed by atoms with E-state index in [9.17, 15) is 0 Å². The van der Waals surface area contributed by atoms with Crippen LogP contribution in [-0.2, 0) is 0 Å². The highest BCUT2D eigenvalue weighted by molar-refractivity contribution is 6.06. The van der Waals surface area contributed by atoms with E-state index in [1.807, 2.05) is 0 Å². The lowest BCUT2D eigenvalue weighted by Gasteiger charge is -2.28. The van der Waals surface area contributed by atoms with Gasteiger partial charge in [0.2, 0.25) is 0 Å². The highest BCUT2D eigenvalue weighted by Crippen LogP contribution is 2.50. The quantitative estimate of drug-likeness (QED) is 0.145. The molecule has 3 heteroatoms. The summed E-state index contributed by atoms with van der Waals surface area (Å²) in [6.45, 7) is 0. The summed E-state index contributed by atoms with van der Waals surface area (Å²) in [5.74, 6) is 1.71. The van der Waals surface area contributed by atoms with Crippen molar-refractivity contribution in [3.05, 3.63) is 243 Å². The topological polar surface area (TPSA) is 15.7 Å². The van der Waals surface area contributed by atoms with E-state index in [0.717, 1.165) is 73.1 Å². The third-order valence-electron chi connectivity index (χ3n) is 11.6. The molecular formula is C58H40N2O. The predicted molar refractivity (Wildman–Crippen MR) is 255 cm³/mol. The Morgan fingerprint density at radius 2 is 0.656 bits per heavy atom. The molecule has 0 unspecified atom stereocenters. The van der Waals surface area contributed by atoms with Gasteiger partial charge in [0.1, 0.15) is 11.5 Å². The van der Waals surface area contributed by atoms with Gasteiger partial charge in [-0.1, -0.05) is 158 Å². The molecule has 0 spiro atoms. The van der Waals surface area contributed by atoms with Gasteiger partial charge in [-0.05, 0) is 123 Å². The van der Waals surface area contributed by atoms with Gasteiger partial charge >= 0.3 is 0 Å². The summed E-state index contributed by atoms with van der Waals surface area (Å²) in [6.07, 6.45) is 0. The molecule has 0 saturated carbocycles. The number of para-hydroxylation sites is 2. The summed E-state index contributed by atoms with van der Waals surface area (Å²) >= 11 is 0. The minimum Gasteiger partial charge on any atom is -0.456 e. The van der Waals surface area contributed by atoms with E-state index >= 15 is 0 Å². The molecule has 0 fully saturated rings. The van der Waals surface area contributed by atoms with Crippen molar-refractivity contribution in [2.75, 3.05) is 9.80 Å². The summed E-state index contributed by atoms with van der Waals surface area (Å²) in [7, 11) is 0. The van der Waals surface area contributed by atoms with Crippen LogP contribution >= 0.6 is 0 Å². The first-order valence-corrected chi connectivity index (χ1v) is 20.7. The summed E-state index contributed by atoms with van der Waals surface area (Å²) in [6, 6.07) is 86.3. The van der Waals surface area contributed by atoms with E-state index in [2.05, 4.69) is 252 Å². The van der Waals surface area contributed by atoms with Gasteiger partial charge in [-0.25, -0.2) is 0 Å². The van der Waals surface area contributed by atoms with Crippen LogP contribution in [0.2, 0.25) is 0 Å². The van der Waals surface area contributed by atoms with Crippen LogP contribution in [0.5, 0.6) is 11.5 Å². The van der Waals surface area contributed by atoms with Crippen LogP contribution in [0.4, 0.5) is 34.1 Å². The van der Waals surface area contributed by atoms with E-state index in [0.29, 0.717) is 0 Å². The summed E-state index contributed by atoms with van der Waals surface area (Å²) in [5, 5.41) is 2.26. The van der Waals surface area contributed by atoms with Crippen molar-refractivity contribution in [2.24, 2.45) is 0 Å². The molecule has 0 aliphatic carbocycles. The minimum atomic E-state index is 0.854. The third-order valence-corrected chi connectivity index (χ3v) is 11.6. The first kappa shape index (κ1) is 36.0. The Bertz CT molecular complexity index is 2990. The fraction of sp³-hybridized carbons (Fsp3) is 0. The lowest BCUT2D eigenvalue weighted by atomic mass is 9.92. The molecular weight excluding hydrogens is 741 g/mol. The number of benzene rings is 10. The average molecular weight is 781 g/mol. The normalized spacial score (nSPS) is 11.4. The van der Waals surface area contributed by atoms with E-state index in [4.69, 9.17) is 4.74 Å². The Labute approximate surface area is 356 Å². The molecule has 11 rings (SSSR count). The molecule has 10 aromatic rings. The molecule has 0 N–H and O–H groups in total. The number of ether oxygens (including phenoxy) is 1. The molecule has 0 saturated heterocycles. The van der Waals surface area contributed by atoms with Gasteiger partial charge in [-0.3, -0.25) is 0 Å². The largest absolute Gasteiger partial charge is 0.456 e. The summed E-state index contributed by atoms with van der Waals surface area (Å²) < 4.78 is 6.79. The van der Waals surface area contributed by atoms with Crippen molar-refractivity contribution in [2.45, 2.75) is 0 Å². The van der Waals surface area contributed by atoms with Crippen LogP contribution in [0.25, 0.3) is 55.3 Å². The maximum absolute atomic E-state index is 6.79. The first-order chi connectivity index (χ1) is 30.2. The van der Waals surface area contributed by atoms with Gasteiger partial charge in [0, 0.05) is 45.5 Å². The summed E-state index contributed by atoms with van der Waals surface area (Å²) in [5.41, 5.74) is 15.8. The zero-order chi connectivity index (χ0) is 40.5. The lowest BCUT2D eigenvalue weighted by molar-refractivity contribution is 0.487. The fourth-order valence-electron chi connectivity index (χ4n) is 8.65. The Morgan fingerprint density at radius 1 is 0.246 bits per heavy atom. The molecule has 0 bridgehead atoms. The SMILES string of the molecule is c1ccc(-c2ccc(N(c3ccc(-c4ccccc4)cc3)c3ccc(-c4ccc5c(c4)-c4cccc6cc(N(c7ccccc7)c7ccccc7)cc(c46)O5)cc3)cc2)cc1. The van der Waals surface area contributed by atoms with Crippen LogP contribution in [0.1, 0.15) is 0 Å². The molecule has 288 valence electrons. The van der Waals surface area contributed by atoms with E-state index < -0.39 is 0 Å². The van der Waals surface area contributed by atoms with Crippen molar-refractivity contribution in [3.63, 3.8) is 0 Å². The van der Waals surface area contributed by atoms with Gasteiger partial charge in [-0.2, -0.15) is 0 Å². The maximum Gasteiger partial charge on any atom is 0.138 e. The zero-order valence-corrected chi connectivity index (χ0v) is 33.4. The number of hydrogen-bond acceptors (Lipinski definition) is 3.